The molecule has 4 aromatic heterocycles. The molecule has 9 rings (SSSR count). The van der Waals surface area contributed by atoms with Gasteiger partial charge in [0.2, 0.25) is 0 Å². The molecule has 6 heteroatoms. The van der Waals surface area contributed by atoms with Crippen LogP contribution in [0, 0.1) is 0 Å². The third kappa shape index (κ3) is 6.32. The predicted molar refractivity (Wildman–Crippen MR) is 215 cm³/mol. The minimum absolute atomic E-state index is 0.346. The SMILES string of the molecule is CC(C)c1cc(-c2ccccc2)nc2c1ccc1ccc(-c3ccc(-c4ccc(-c5nc(-c6ccccc6)nc(-c6ccccn6)n5)cc4)cc3)nc12. The molecule has 0 fully saturated rings. The second kappa shape index (κ2) is 13.7. The highest BCUT2D eigenvalue weighted by Crippen LogP contribution is 2.34. The Morgan fingerprint density at radius 2 is 0.906 bits per heavy atom. The summed E-state index contributed by atoms with van der Waals surface area (Å²) >= 11 is 0. The van der Waals surface area contributed by atoms with Crippen LogP contribution < -0.4 is 0 Å². The van der Waals surface area contributed by atoms with Crippen molar-refractivity contribution in [2.24, 2.45) is 0 Å². The Bertz CT molecular complexity index is 2650. The second-order valence-corrected chi connectivity index (χ2v) is 13.4. The van der Waals surface area contributed by atoms with Crippen LogP contribution in [-0.4, -0.2) is 29.9 Å². The normalized spacial score (nSPS) is 11.4. The molecule has 53 heavy (non-hydrogen) atoms. The van der Waals surface area contributed by atoms with E-state index in [2.05, 4.69) is 122 Å². The van der Waals surface area contributed by atoms with Crippen molar-refractivity contribution in [3.05, 3.63) is 169 Å². The highest BCUT2D eigenvalue weighted by molar-refractivity contribution is 6.05. The highest BCUT2D eigenvalue weighted by atomic mass is 15.0. The molecule has 0 atom stereocenters. The summed E-state index contributed by atoms with van der Waals surface area (Å²) in [5.41, 5.74) is 11.9. The molecule has 0 saturated carbocycles. The van der Waals surface area contributed by atoms with Crippen molar-refractivity contribution in [2.45, 2.75) is 19.8 Å². The first-order chi connectivity index (χ1) is 26.1. The van der Waals surface area contributed by atoms with Crippen molar-refractivity contribution in [1.82, 2.24) is 29.9 Å². The van der Waals surface area contributed by atoms with Crippen molar-refractivity contribution in [1.29, 1.82) is 0 Å². The van der Waals surface area contributed by atoms with Gasteiger partial charge in [0.1, 0.15) is 5.69 Å². The van der Waals surface area contributed by atoms with Crippen LogP contribution in [0.4, 0.5) is 0 Å². The molecule has 4 heterocycles. The molecule has 6 nitrogen and oxygen atoms in total. The third-order valence-corrected chi connectivity index (χ3v) is 9.58. The van der Waals surface area contributed by atoms with E-state index >= 15 is 0 Å². The summed E-state index contributed by atoms with van der Waals surface area (Å²) in [4.78, 5) is 29.4. The van der Waals surface area contributed by atoms with Gasteiger partial charge in [-0.1, -0.05) is 147 Å². The van der Waals surface area contributed by atoms with Gasteiger partial charge < -0.3 is 0 Å². The molecule has 0 spiro atoms. The molecule has 0 aliphatic carbocycles. The van der Waals surface area contributed by atoms with Gasteiger partial charge in [-0.3, -0.25) is 4.98 Å². The first-order valence-electron chi connectivity index (χ1n) is 17.8. The third-order valence-electron chi connectivity index (χ3n) is 9.58. The van der Waals surface area contributed by atoms with Gasteiger partial charge in [0.05, 0.1) is 22.4 Å². The van der Waals surface area contributed by atoms with Crippen molar-refractivity contribution < 1.29 is 0 Å². The molecule has 0 radical (unpaired) electrons. The average molecular weight is 683 g/mol. The lowest BCUT2D eigenvalue weighted by Gasteiger charge is -2.14. The Hall–Kier alpha value is -6.92. The van der Waals surface area contributed by atoms with Gasteiger partial charge in [0.15, 0.2) is 17.5 Å². The standard InChI is InChI=1S/C47H34N6/c1-30(2)39-29-42(33-11-5-3-6-12-33)50-44-38(39)26-24-35-25-27-40(49-43(35)44)34-20-16-31(17-21-34)32-18-22-37(23-19-32)46-51-45(36-13-7-4-8-14-36)52-47(53-46)41-15-9-10-28-48-41/h3-30H,1-2H3. The van der Waals surface area contributed by atoms with Crippen molar-refractivity contribution in [3.8, 4) is 67.9 Å². The molecular formula is C47H34N6. The van der Waals surface area contributed by atoms with Gasteiger partial charge in [-0.25, -0.2) is 24.9 Å². The number of aromatic nitrogens is 6. The van der Waals surface area contributed by atoms with Crippen molar-refractivity contribution in [2.75, 3.05) is 0 Å². The lowest BCUT2D eigenvalue weighted by atomic mass is 9.95. The zero-order chi connectivity index (χ0) is 35.7. The van der Waals surface area contributed by atoms with Crippen LogP contribution in [0.1, 0.15) is 25.3 Å². The maximum atomic E-state index is 5.23. The Balaban J connectivity index is 1.04. The summed E-state index contributed by atoms with van der Waals surface area (Å²) in [7, 11) is 0. The van der Waals surface area contributed by atoms with E-state index in [4.69, 9.17) is 24.9 Å². The van der Waals surface area contributed by atoms with Crippen LogP contribution >= 0.6 is 0 Å². The van der Waals surface area contributed by atoms with Crippen LogP contribution in [-0.2, 0) is 0 Å². The van der Waals surface area contributed by atoms with Crippen molar-refractivity contribution in [3.63, 3.8) is 0 Å². The number of hydrogen-bond acceptors (Lipinski definition) is 6. The molecule has 0 aliphatic heterocycles. The van der Waals surface area contributed by atoms with E-state index in [0.29, 0.717) is 29.1 Å². The molecule has 0 aliphatic rings. The van der Waals surface area contributed by atoms with Crippen LogP contribution in [0.5, 0.6) is 0 Å². The topological polar surface area (TPSA) is 77.3 Å². The summed E-state index contributed by atoms with van der Waals surface area (Å²) in [6.45, 7) is 4.47. The molecule has 0 unspecified atom stereocenters. The molecule has 252 valence electrons. The number of benzene rings is 5. The number of rotatable bonds is 7. The van der Waals surface area contributed by atoms with E-state index in [1.807, 2.05) is 54.6 Å². The predicted octanol–water partition coefficient (Wildman–Crippen LogP) is 11.5. The van der Waals surface area contributed by atoms with E-state index in [0.717, 1.165) is 66.6 Å². The fourth-order valence-electron chi connectivity index (χ4n) is 6.77. The molecule has 5 aromatic carbocycles. The second-order valence-electron chi connectivity index (χ2n) is 13.4. The Kier molecular flexibility index (Phi) is 8.25. The fourth-order valence-corrected chi connectivity index (χ4v) is 6.77. The van der Waals surface area contributed by atoms with E-state index < -0.39 is 0 Å². The van der Waals surface area contributed by atoms with Crippen LogP contribution in [0.15, 0.2) is 164 Å². The zero-order valence-corrected chi connectivity index (χ0v) is 29.3. The van der Waals surface area contributed by atoms with Gasteiger partial charge >= 0.3 is 0 Å². The van der Waals surface area contributed by atoms with Gasteiger partial charge in [0, 0.05) is 39.2 Å². The maximum absolute atomic E-state index is 5.23. The quantitative estimate of drug-likeness (QED) is 0.156. The Morgan fingerprint density at radius 1 is 0.377 bits per heavy atom. The number of hydrogen-bond donors (Lipinski definition) is 0. The van der Waals surface area contributed by atoms with E-state index in [1.54, 1.807) is 6.20 Å². The fraction of sp³-hybridized carbons (Fsp3) is 0.0638. The molecule has 0 N–H and O–H groups in total. The lowest BCUT2D eigenvalue weighted by Crippen LogP contribution is -2.00. The Labute approximate surface area is 308 Å². The number of nitrogens with zero attached hydrogens (tertiary/aromatic N) is 6. The summed E-state index contributed by atoms with van der Waals surface area (Å²) in [6, 6.07) is 53.9. The monoisotopic (exact) mass is 682 g/mol. The summed E-state index contributed by atoms with van der Waals surface area (Å²) < 4.78 is 0. The highest BCUT2D eigenvalue weighted by Gasteiger charge is 2.16. The van der Waals surface area contributed by atoms with E-state index in [-0.39, 0.29) is 0 Å². The number of pyridine rings is 3. The van der Waals surface area contributed by atoms with E-state index in [1.165, 1.54) is 5.56 Å². The summed E-state index contributed by atoms with van der Waals surface area (Å²) in [5.74, 6) is 2.09. The minimum Gasteiger partial charge on any atom is -0.253 e. The Morgan fingerprint density at radius 3 is 1.55 bits per heavy atom. The van der Waals surface area contributed by atoms with Crippen LogP contribution in [0.2, 0.25) is 0 Å². The molecular weight excluding hydrogens is 649 g/mol. The van der Waals surface area contributed by atoms with Crippen LogP contribution in [0.3, 0.4) is 0 Å². The van der Waals surface area contributed by atoms with Crippen molar-refractivity contribution >= 4 is 21.8 Å². The first-order valence-corrected chi connectivity index (χ1v) is 17.8. The molecule has 0 amide bonds. The largest absolute Gasteiger partial charge is 0.253 e. The van der Waals surface area contributed by atoms with E-state index in [9.17, 15) is 0 Å². The average Bonchev–Trinajstić information content (AvgIpc) is 3.24. The van der Waals surface area contributed by atoms with Gasteiger partial charge in [-0.2, -0.15) is 0 Å². The zero-order valence-electron chi connectivity index (χ0n) is 29.3. The maximum Gasteiger partial charge on any atom is 0.182 e. The van der Waals surface area contributed by atoms with Gasteiger partial charge in [0.25, 0.3) is 0 Å². The lowest BCUT2D eigenvalue weighted by molar-refractivity contribution is 0.875. The minimum atomic E-state index is 0.346. The van der Waals surface area contributed by atoms with Gasteiger partial charge in [-0.15, -0.1) is 0 Å². The summed E-state index contributed by atoms with van der Waals surface area (Å²) in [5, 5.41) is 2.23. The smallest absolute Gasteiger partial charge is 0.182 e. The summed E-state index contributed by atoms with van der Waals surface area (Å²) in [6.07, 6.45) is 1.75. The van der Waals surface area contributed by atoms with Gasteiger partial charge in [-0.05, 0) is 46.9 Å². The first kappa shape index (κ1) is 32.0. The molecule has 9 aromatic rings. The molecule has 0 saturated heterocycles. The van der Waals surface area contributed by atoms with Crippen LogP contribution in [0.25, 0.3) is 89.7 Å². The molecule has 0 bridgehead atoms. The number of fused-ring (bicyclic) bond motifs is 3.